The first-order valence-corrected chi connectivity index (χ1v) is 11.8. The van der Waals surface area contributed by atoms with Crippen molar-refractivity contribution in [2.45, 2.75) is 59.0 Å². The summed E-state index contributed by atoms with van der Waals surface area (Å²) in [6.45, 7) is 14.3. The lowest BCUT2D eigenvalue weighted by molar-refractivity contribution is 0.221. The minimum atomic E-state index is 0. The Balaban J connectivity index is 0.00000320. The molecule has 0 amide bonds. The summed E-state index contributed by atoms with van der Waals surface area (Å²) >= 11 is 0. The predicted octanol–water partition coefficient (Wildman–Crippen LogP) is 4.08. The molecule has 0 aromatic heterocycles. The number of halogens is 1. The minimum Gasteiger partial charge on any atom is -0.357 e. The van der Waals surface area contributed by atoms with E-state index in [-0.39, 0.29) is 24.0 Å². The van der Waals surface area contributed by atoms with Crippen molar-refractivity contribution in [2.75, 3.05) is 45.8 Å². The Labute approximate surface area is 201 Å². The number of hydrogen-bond donors (Lipinski definition) is 2. The molecule has 2 heterocycles. The lowest BCUT2D eigenvalue weighted by Gasteiger charge is -2.26. The van der Waals surface area contributed by atoms with Crippen LogP contribution in [0.15, 0.2) is 29.3 Å². The number of nitrogens with zero attached hydrogens (tertiary/aromatic N) is 3. The molecule has 1 unspecified atom stereocenters. The zero-order chi connectivity index (χ0) is 20.3. The van der Waals surface area contributed by atoms with Crippen molar-refractivity contribution in [1.29, 1.82) is 0 Å². The van der Waals surface area contributed by atoms with Crippen LogP contribution >= 0.6 is 24.0 Å². The van der Waals surface area contributed by atoms with Crippen LogP contribution in [-0.2, 0) is 13.1 Å². The molecule has 0 aliphatic carbocycles. The molecular formula is C24H42IN5. The fraction of sp³-hybridized carbons (Fsp3) is 0.708. The number of piperidine rings is 1. The molecule has 1 aromatic carbocycles. The summed E-state index contributed by atoms with van der Waals surface area (Å²) in [6, 6.07) is 9.04. The van der Waals surface area contributed by atoms with Gasteiger partial charge in [-0.05, 0) is 75.8 Å². The van der Waals surface area contributed by atoms with Gasteiger partial charge in [-0.25, -0.2) is 4.99 Å². The Morgan fingerprint density at radius 2 is 1.70 bits per heavy atom. The highest BCUT2D eigenvalue weighted by Gasteiger charge is 2.21. The smallest absolute Gasteiger partial charge is 0.191 e. The van der Waals surface area contributed by atoms with E-state index in [1.807, 2.05) is 0 Å². The maximum absolute atomic E-state index is 4.82. The van der Waals surface area contributed by atoms with Gasteiger partial charge in [0.1, 0.15) is 0 Å². The van der Waals surface area contributed by atoms with Gasteiger partial charge in [-0.2, -0.15) is 0 Å². The van der Waals surface area contributed by atoms with Crippen molar-refractivity contribution in [3.8, 4) is 0 Å². The minimum absolute atomic E-state index is 0. The second-order valence-electron chi connectivity index (χ2n) is 8.68. The third-order valence-corrected chi connectivity index (χ3v) is 6.11. The van der Waals surface area contributed by atoms with Crippen molar-refractivity contribution in [2.24, 2.45) is 10.9 Å². The van der Waals surface area contributed by atoms with Crippen molar-refractivity contribution < 1.29 is 0 Å². The van der Waals surface area contributed by atoms with E-state index in [4.69, 9.17) is 4.99 Å². The molecule has 2 fully saturated rings. The standard InChI is InChI=1S/C24H41N5.HI/c1-3-13-28-16-12-23(20-28)18-27-24(25-4-2)26-17-21-8-10-22(11-9-21)19-29-14-6-5-7-15-29;/h8-11,23H,3-7,12-20H2,1-2H3,(H2,25,26,27);1H. The molecule has 2 N–H and O–H groups in total. The third kappa shape index (κ3) is 8.71. The Morgan fingerprint density at radius 1 is 0.967 bits per heavy atom. The number of rotatable bonds is 9. The molecule has 0 saturated carbocycles. The van der Waals surface area contributed by atoms with Crippen LogP contribution in [0.3, 0.4) is 0 Å². The van der Waals surface area contributed by atoms with E-state index < -0.39 is 0 Å². The van der Waals surface area contributed by atoms with Crippen LogP contribution in [0.25, 0.3) is 0 Å². The summed E-state index contributed by atoms with van der Waals surface area (Å²) in [5, 5.41) is 6.96. The van der Waals surface area contributed by atoms with Crippen LogP contribution in [0, 0.1) is 5.92 Å². The quantitative estimate of drug-likeness (QED) is 0.289. The molecule has 1 atom stereocenters. The third-order valence-electron chi connectivity index (χ3n) is 6.11. The average Bonchev–Trinajstić information content (AvgIpc) is 3.20. The monoisotopic (exact) mass is 527 g/mol. The van der Waals surface area contributed by atoms with Crippen molar-refractivity contribution in [3.63, 3.8) is 0 Å². The molecular weight excluding hydrogens is 485 g/mol. The average molecular weight is 528 g/mol. The lowest BCUT2D eigenvalue weighted by atomic mass is 10.1. The Kier molecular flexibility index (Phi) is 12.1. The molecule has 6 heteroatoms. The number of guanidine groups is 1. The van der Waals surface area contributed by atoms with Gasteiger partial charge in [0.05, 0.1) is 6.54 Å². The van der Waals surface area contributed by atoms with Crippen molar-refractivity contribution >= 4 is 29.9 Å². The molecule has 30 heavy (non-hydrogen) atoms. The number of benzene rings is 1. The van der Waals surface area contributed by atoms with E-state index in [2.05, 4.69) is 58.5 Å². The van der Waals surface area contributed by atoms with Gasteiger partial charge in [0.15, 0.2) is 5.96 Å². The molecule has 2 aliphatic rings. The van der Waals surface area contributed by atoms with Gasteiger partial charge in [-0.1, -0.05) is 37.6 Å². The molecule has 0 bridgehead atoms. The van der Waals surface area contributed by atoms with Crippen LogP contribution in [0.1, 0.15) is 57.1 Å². The number of hydrogen-bond acceptors (Lipinski definition) is 3. The molecule has 1 aromatic rings. The second-order valence-corrected chi connectivity index (χ2v) is 8.68. The van der Waals surface area contributed by atoms with Crippen LogP contribution in [0.4, 0.5) is 0 Å². The predicted molar refractivity (Wildman–Crippen MR) is 139 cm³/mol. The summed E-state index contributed by atoms with van der Waals surface area (Å²) in [5.41, 5.74) is 2.70. The summed E-state index contributed by atoms with van der Waals surface area (Å²) in [5.74, 6) is 1.68. The topological polar surface area (TPSA) is 42.9 Å². The fourth-order valence-corrected chi connectivity index (χ4v) is 4.48. The van der Waals surface area contributed by atoms with E-state index in [0.717, 1.165) is 38.1 Å². The Bertz CT molecular complexity index is 613. The van der Waals surface area contributed by atoms with Crippen LogP contribution in [-0.4, -0.2) is 61.6 Å². The Hall–Kier alpha value is -0.860. The normalized spacial score (nSPS) is 20.7. The molecule has 3 rings (SSSR count). The maximum atomic E-state index is 4.82. The van der Waals surface area contributed by atoms with Crippen LogP contribution in [0.5, 0.6) is 0 Å². The van der Waals surface area contributed by atoms with Crippen LogP contribution < -0.4 is 10.6 Å². The molecule has 0 spiro atoms. The Morgan fingerprint density at radius 3 is 2.40 bits per heavy atom. The van der Waals surface area contributed by atoms with Gasteiger partial charge in [-0.3, -0.25) is 4.90 Å². The number of nitrogens with one attached hydrogen (secondary N) is 2. The van der Waals surface area contributed by atoms with E-state index >= 15 is 0 Å². The van der Waals surface area contributed by atoms with E-state index in [1.165, 1.54) is 76.0 Å². The zero-order valence-electron chi connectivity index (χ0n) is 19.0. The van der Waals surface area contributed by atoms with E-state index in [1.54, 1.807) is 0 Å². The number of aliphatic imine (C=N–C) groups is 1. The van der Waals surface area contributed by atoms with Crippen molar-refractivity contribution in [3.05, 3.63) is 35.4 Å². The zero-order valence-corrected chi connectivity index (χ0v) is 21.4. The van der Waals surface area contributed by atoms with E-state index in [0.29, 0.717) is 0 Å². The van der Waals surface area contributed by atoms with Gasteiger partial charge in [-0.15, -0.1) is 24.0 Å². The molecule has 170 valence electrons. The lowest BCUT2D eigenvalue weighted by Crippen LogP contribution is -2.40. The first kappa shape index (κ1) is 25.4. The van der Waals surface area contributed by atoms with Gasteiger partial charge in [0, 0.05) is 26.2 Å². The SMILES string of the molecule is CCCN1CCC(CNC(=NCc2ccc(CN3CCCCC3)cc2)NCC)C1.I. The number of likely N-dealkylation sites (tertiary alicyclic amines) is 2. The van der Waals surface area contributed by atoms with Gasteiger partial charge in [0.25, 0.3) is 0 Å². The van der Waals surface area contributed by atoms with Crippen LogP contribution in [0.2, 0.25) is 0 Å². The fourth-order valence-electron chi connectivity index (χ4n) is 4.48. The molecule has 2 saturated heterocycles. The largest absolute Gasteiger partial charge is 0.357 e. The van der Waals surface area contributed by atoms with Gasteiger partial charge in [0.2, 0.25) is 0 Å². The van der Waals surface area contributed by atoms with Gasteiger partial charge >= 0.3 is 0 Å². The summed E-state index contributed by atoms with van der Waals surface area (Å²) in [7, 11) is 0. The van der Waals surface area contributed by atoms with E-state index in [9.17, 15) is 0 Å². The first-order valence-electron chi connectivity index (χ1n) is 11.8. The summed E-state index contributed by atoms with van der Waals surface area (Å²) in [6.07, 6.45) is 6.65. The maximum Gasteiger partial charge on any atom is 0.191 e. The second kappa shape index (κ2) is 14.2. The van der Waals surface area contributed by atoms with Gasteiger partial charge < -0.3 is 15.5 Å². The first-order chi connectivity index (χ1) is 14.3. The molecule has 2 aliphatic heterocycles. The molecule has 0 radical (unpaired) electrons. The van der Waals surface area contributed by atoms with Crippen molar-refractivity contribution in [1.82, 2.24) is 20.4 Å². The highest BCUT2D eigenvalue weighted by atomic mass is 127. The highest BCUT2D eigenvalue weighted by Crippen LogP contribution is 2.16. The summed E-state index contributed by atoms with van der Waals surface area (Å²) in [4.78, 5) is 9.98. The highest BCUT2D eigenvalue weighted by molar-refractivity contribution is 14.0. The summed E-state index contributed by atoms with van der Waals surface area (Å²) < 4.78 is 0. The molecule has 5 nitrogen and oxygen atoms in total.